The first-order valence-corrected chi connectivity index (χ1v) is 10.2. The van der Waals surface area contributed by atoms with E-state index in [-0.39, 0.29) is 43.5 Å². The molecule has 1 saturated carbocycles. The molecule has 30 heavy (non-hydrogen) atoms. The molecule has 2 bridgehead atoms. The van der Waals surface area contributed by atoms with Crippen LogP contribution in [0.15, 0.2) is 72.8 Å². The third-order valence-electron chi connectivity index (χ3n) is 6.01. The summed E-state index contributed by atoms with van der Waals surface area (Å²) in [5.41, 5.74) is 1.83. The average Bonchev–Trinajstić information content (AvgIpc) is 3.18. The van der Waals surface area contributed by atoms with Gasteiger partial charge in [-0.25, -0.2) is 0 Å². The number of hydrogen-bond acceptors (Lipinski definition) is 5. The summed E-state index contributed by atoms with van der Waals surface area (Å²) in [5, 5.41) is 0. The van der Waals surface area contributed by atoms with Crippen molar-refractivity contribution < 1.29 is 23.8 Å². The van der Waals surface area contributed by atoms with Gasteiger partial charge in [-0.05, 0) is 17.5 Å². The fourth-order valence-electron chi connectivity index (χ4n) is 4.76. The van der Waals surface area contributed by atoms with Gasteiger partial charge in [0.2, 0.25) is 0 Å². The van der Waals surface area contributed by atoms with E-state index >= 15 is 0 Å². The highest BCUT2D eigenvalue weighted by atomic mass is 16.6. The van der Waals surface area contributed by atoms with Gasteiger partial charge in [0.1, 0.15) is 21.1 Å². The number of rotatable bonds is 7. The van der Waals surface area contributed by atoms with Crippen LogP contribution in [-0.2, 0) is 37.0 Å². The Bertz CT molecular complexity index is 929. The maximum Gasteiger partial charge on any atom is 0.312 e. The normalized spacial score (nSPS) is 27.1. The molecule has 6 heteroatoms. The first-order valence-electron chi connectivity index (χ1n) is 10.2. The van der Waals surface area contributed by atoms with Crippen LogP contribution < -0.4 is 0 Å². The van der Waals surface area contributed by atoms with Gasteiger partial charge in [0, 0.05) is 11.9 Å². The van der Waals surface area contributed by atoms with Crippen molar-refractivity contribution >= 4 is 19.8 Å². The van der Waals surface area contributed by atoms with E-state index in [1.807, 2.05) is 68.5 Å². The van der Waals surface area contributed by atoms with Crippen LogP contribution in [0, 0.1) is 11.8 Å². The summed E-state index contributed by atoms with van der Waals surface area (Å²) >= 11 is 0. The van der Waals surface area contributed by atoms with Crippen molar-refractivity contribution in [3.63, 3.8) is 0 Å². The SMILES string of the molecule is B[C@@H]1O[C@@]2(CC(=O)OCc3ccccc3)CC(=C)C1C2C(=O)OCc1ccccc1. The minimum atomic E-state index is -0.942. The van der Waals surface area contributed by atoms with E-state index in [0.29, 0.717) is 6.42 Å². The fourth-order valence-corrected chi connectivity index (χ4v) is 4.76. The molecule has 154 valence electrons. The smallest absolute Gasteiger partial charge is 0.312 e. The standard InChI is InChI=1S/C24H25BO5/c1-16-12-24(13-19(26)28-14-17-8-4-2-5-9-17)21(20(16)22(25)30-24)23(27)29-15-18-10-6-3-7-11-18/h2-11,20-22H,1,12-15,25H2/t20?,21?,22-,24-/m1/s1. The molecule has 1 heterocycles. The Kier molecular flexibility index (Phi) is 5.77. The zero-order valence-corrected chi connectivity index (χ0v) is 17.1. The number of carbonyl (C=O) groups is 2. The van der Waals surface area contributed by atoms with Crippen LogP contribution in [0.2, 0.25) is 0 Å². The maximum absolute atomic E-state index is 13.0. The molecule has 2 unspecified atom stereocenters. The molecule has 4 atom stereocenters. The van der Waals surface area contributed by atoms with Crippen LogP contribution in [0.4, 0.5) is 0 Å². The summed E-state index contributed by atoms with van der Waals surface area (Å²) < 4.78 is 17.2. The first kappa shape index (κ1) is 20.4. The van der Waals surface area contributed by atoms with Crippen LogP contribution >= 0.6 is 0 Å². The van der Waals surface area contributed by atoms with Crippen LogP contribution in [0.5, 0.6) is 0 Å². The van der Waals surface area contributed by atoms with Crippen molar-refractivity contribution in [2.24, 2.45) is 11.8 Å². The largest absolute Gasteiger partial charge is 0.461 e. The Hall–Kier alpha value is -2.86. The van der Waals surface area contributed by atoms with E-state index in [1.54, 1.807) is 0 Å². The molecule has 0 radical (unpaired) electrons. The third-order valence-corrected chi connectivity index (χ3v) is 6.01. The number of ether oxygens (including phenoxy) is 3. The minimum Gasteiger partial charge on any atom is -0.461 e. The summed E-state index contributed by atoms with van der Waals surface area (Å²) in [6.07, 6.45) is 0.471. The minimum absolute atomic E-state index is 0.00476. The highest BCUT2D eigenvalue weighted by molar-refractivity contribution is 6.12. The number of fused-ring (bicyclic) bond motifs is 2. The molecule has 2 aromatic rings. The summed E-state index contributed by atoms with van der Waals surface area (Å²) in [6.45, 7) is 4.53. The predicted molar refractivity (Wildman–Crippen MR) is 114 cm³/mol. The Morgan fingerprint density at radius 3 is 2.13 bits per heavy atom. The number of hydrogen-bond donors (Lipinski definition) is 0. The molecule has 1 aliphatic carbocycles. The Balaban J connectivity index is 1.44. The van der Waals surface area contributed by atoms with E-state index in [0.717, 1.165) is 16.7 Å². The lowest BCUT2D eigenvalue weighted by Crippen LogP contribution is -2.41. The van der Waals surface area contributed by atoms with Gasteiger partial charge >= 0.3 is 11.9 Å². The lowest BCUT2D eigenvalue weighted by atomic mass is 9.79. The van der Waals surface area contributed by atoms with E-state index < -0.39 is 11.5 Å². The molecular formula is C24H25BO5. The number of esters is 2. The van der Waals surface area contributed by atoms with Crippen molar-refractivity contribution in [1.29, 1.82) is 0 Å². The summed E-state index contributed by atoms with van der Waals surface area (Å²) in [4.78, 5) is 25.7. The van der Waals surface area contributed by atoms with Crippen LogP contribution in [-0.4, -0.2) is 31.4 Å². The molecule has 2 aromatic carbocycles. The molecule has 1 saturated heterocycles. The quantitative estimate of drug-likeness (QED) is 0.404. The van der Waals surface area contributed by atoms with Gasteiger partial charge in [-0.1, -0.05) is 72.8 Å². The van der Waals surface area contributed by atoms with E-state index in [2.05, 4.69) is 6.58 Å². The van der Waals surface area contributed by atoms with Crippen molar-refractivity contribution in [3.8, 4) is 0 Å². The van der Waals surface area contributed by atoms with Gasteiger partial charge in [-0.2, -0.15) is 0 Å². The van der Waals surface area contributed by atoms with E-state index in [9.17, 15) is 9.59 Å². The van der Waals surface area contributed by atoms with Gasteiger partial charge in [0.15, 0.2) is 0 Å². The average molecular weight is 404 g/mol. The van der Waals surface area contributed by atoms with Crippen LogP contribution in [0.1, 0.15) is 24.0 Å². The van der Waals surface area contributed by atoms with Gasteiger partial charge < -0.3 is 14.2 Å². The molecule has 5 nitrogen and oxygen atoms in total. The summed E-state index contributed by atoms with van der Waals surface area (Å²) in [5.74, 6) is -1.42. The summed E-state index contributed by atoms with van der Waals surface area (Å²) in [6, 6.07) is 18.8. The molecule has 0 aromatic heterocycles. The van der Waals surface area contributed by atoms with E-state index in [1.165, 1.54) is 0 Å². The number of benzene rings is 2. The molecule has 0 N–H and O–H groups in total. The molecule has 1 aliphatic heterocycles. The van der Waals surface area contributed by atoms with Crippen molar-refractivity contribution in [2.45, 2.75) is 37.7 Å². The second-order valence-corrected chi connectivity index (χ2v) is 8.14. The molecule has 4 rings (SSSR count). The van der Waals surface area contributed by atoms with Crippen molar-refractivity contribution in [2.75, 3.05) is 0 Å². The van der Waals surface area contributed by atoms with Crippen molar-refractivity contribution in [1.82, 2.24) is 0 Å². The second kappa shape index (κ2) is 8.48. The molecule has 0 spiro atoms. The van der Waals surface area contributed by atoms with Gasteiger partial charge in [-0.3, -0.25) is 9.59 Å². The topological polar surface area (TPSA) is 61.8 Å². The first-order chi connectivity index (χ1) is 14.5. The zero-order chi connectivity index (χ0) is 21.1. The lowest BCUT2D eigenvalue weighted by Gasteiger charge is -2.31. The predicted octanol–water partition coefficient (Wildman–Crippen LogP) is 2.78. The Morgan fingerprint density at radius 2 is 1.57 bits per heavy atom. The van der Waals surface area contributed by atoms with Crippen LogP contribution in [0.25, 0.3) is 0 Å². The highest BCUT2D eigenvalue weighted by Crippen LogP contribution is 2.56. The Labute approximate surface area is 177 Å². The second-order valence-electron chi connectivity index (χ2n) is 8.14. The molecule has 2 aliphatic rings. The highest BCUT2D eigenvalue weighted by Gasteiger charge is 2.64. The third kappa shape index (κ3) is 4.05. The Morgan fingerprint density at radius 1 is 1.00 bits per heavy atom. The monoisotopic (exact) mass is 404 g/mol. The molecule has 0 amide bonds. The molecule has 2 fully saturated rings. The van der Waals surface area contributed by atoms with Crippen molar-refractivity contribution in [3.05, 3.63) is 83.9 Å². The molecular weight excluding hydrogens is 379 g/mol. The van der Waals surface area contributed by atoms with Gasteiger partial charge in [0.05, 0.1) is 17.9 Å². The van der Waals surface area contributed by atoms with Gasteiger partial charge in [-0.15, -0.1) is 0 Å². The van der Waals surface area contributed by atoms with Gasteiger partial charge in [0.25, 0.3) is 0 Å². The van der Waals surface area contributed by atoms with Crippen LogP contribution in [0.3, 0.4) is 0 Å². The van der Waals surface area contributed by atoms with E-state index in [4.69, 9.17) is 14.2 Å². The number of carbonyl (C=O) groups excluding carboxylic acids is 2. The maximum atomic E-state index is 13.0. The lowest BCUT2D eigenvalue weighted by molar-refractivity contribution is -0.162. The fraction of sp³-hybridized carbons (Fsp3) is 0.333. The summed E-state index contributed by atoms with van der Waals surface area (Å²) in [7, 11) is 1.92. The zero-order valence-electron chi connectivity index (χ0n) is 17.1.